The minimum absolute atomic E-state index is 0. The Bertz CT molecular complexity index is 738. The number of nitrogens with zero attached hydrogens (tertiary/aromatic N) is 2. The van der Waals surface area contributed by atoms with Gasteiger partial charge < -0.3 is 20.7 Å². The van der Waals surface area contributed by atoms with E-state index in [9.17, 15) is 9.59 Å². The lowest BCUT2D eigenvalue weighted by Gasteiger charge is -2.21. The van der Waals surface area contributed by atoms with E-state index >= 15 is 0 Å². The molecule has 2 aromatic rings. The number of anilines is 1. The molecule has 0 fully saturated rings. The van der Waals surface area contributed by atoms with Crippen LogP contribution in [0.1, 0.15) is 28.8 Å². The lowest BCUT2D eigenvalue weighted by molar-refractivity contribution is -0.116. The molecule has 142 valence electrons. The monoisotopic (exact) mass is 398 g/mol. The predicted molar refractivity (Wildman–Crippen MR) is 105 cm³/mol. The van der Waals surface area contributed by atoms with Gasteiger partial charge in [0.1, 0.15) is 23.0 Å². The second-order valence-corrected chi connectivity index (χ2v) is 6.25. The number of carbonyl (C=O) groups excluding carboxylic acids is 2. The van der Waals surface area contributed by atoms with Crippen LogP contribution in [-0.2, 0) is 11.3 Å². The highest BCUT2D eigenvalue weighted by Gasteiger charge is 2.21. The van der Waals surface area contributed by atoms with Crippen molar-refractivity contribution >= 4 is 41.2 Å². The van der Waals surface area contributed by atoms with Crippen LogP contribution >= 0.6 is 23.7 Å². The maximum atomic E-state index is 12.6. The number of rotatable bonds is 8. The Kier molecular flexibility index (Phi) is 9.04. The van der Waals surface area contributed by atoms with Gasteiger partial charge in [0.15, 0.2) is 0 Å². The maximum absolute atomic E-state index is 12.6. The largest absolute Gasteiger partial charge is 0.495 e. The highest BCUT2D eigenvalue weighted by Crippen LogP contribution is 2.23. The predicted octanol–water partition coefficient (Wildman–Crippen LogP) is 2.52. The number of methoxy groups -OCH3 is 1. The van der Waals surface area contributed by atoms with Crippen LogP contribution in [0.2, 0.25) is 0 Å². The molecule has 0 bridgehead atoms. The normalized spacial score (nSPS) is 9.96. The molecule has 0 unspecified atom stereocenters. The number of para-hydroxylation sites is 2. The number of nitrogens with two attached hydrogens (primary N) is 1. The Morgan fingerprint density at radius 3 is 2.69 bits per heavy atom. The van der Waals surface area contributed by atoms with E-state index in [0.29, 0.717) is 35.2 Å². The van der Waals surface area contributed by atoms with Crippen LogP contribution in [0.3, 0.4) is 0 Å². The number of halogens is 1. The first-order valence-corrected chi connectivity index (χ1v) is 8.83. The summed E-state index contributed by atoms with van der Waals surface area (Å²) in [6.07, 6.45) is 0.738. The van der Waals surface area contributed by atoms with Gasteiger partial charge in [-0.15, -0.1) is 23.7 Å². The van der Waals surface area contributed by atoms with Crippen LogP contribution in [-0.4, -0.2) is 41.9 Å². The molecule has 0 atom stereocenters. The zero-order valence-electron chi connectivity index (χ0n) is 14.7. The minimum atomic E-state index is -0.291. The number of benzene rings is 1. The van der Waals surface area contributed by atoms with E-state index in [4.69, 9.17) is 10.5 Å². The standard InChI is InChI=1S/C17H22N4O3S.ClH/c1-3-8-21(17(23)13-11-25-16(9-18)20-13)10-15(22)19-12-6-4-5-7-14(12)24-2;/h4-7,11H,3,8-10,18H2,1-2H3,(H,19,22);1H. The molecule has 7 nitrogen and oxygen atoms in total. The number of hydrogen-bond donors (Lipinski definition) is 2. The Hall–Kier alpha value is -2.16. The van der Waals surface area contributed by atoms with Crippen molar-refractivity contribution in [3.05, 3.63) is 40.3 Å². The summed E-state index contributed by atoms with van der Waals surface area (Å²) in [5.41, 5.74) is 6.43. The number of nitrogens with one attached hydrogen (secondary N) is 1. The first-order valence-electron chi connectivity index (χ1n) is 7.95. The summed E-state index contributed by atoms with van der Waals surface area (Å²) in [7, 11) is 1.54. The molecule has 9 heteroatoms. The Morgan fingerprint density at radius 2 is 2.08 bits per heavy atom. The molecule has 0 spiro atoms. The average molecular weight is 399 g/mol. The zero-order valence-corrected chi connectivity index (χ0v) is 16.4. The van der Waals surface area contributed by atoms with Gasteiger partial charge in [-0.1, -0.05) is 19.1 Å². The second-order valence-electron chi connectivity index (χ2n) is 5.31. The van der Waals surface area contributed by atoms with Gasteiger partial charge in [-0.2, -0.15) is 0 Å². The van der Waals surface area contributed by atoms with Gasteiger partial charge >= 0.3 is 0 Å². The molecule has 0 aliphatic carbocycles. The van der Waals surface area contributed by atoms with Gasteiger partial charge in [0.25, 0.3) is 5.91 Å². The molecule has 2 rings (SSSR count). The molecule has 0 radical (unpaired) electrons. The van der Waals surface area contributed by atoms with Crippen LogP contribution in [0, 0.1) is 0 Å². The molecule has 3 N–H and O–H groups in total. The highest BCUT2D eigenvalue weighted by molar-refractivity contribution is 7.09. The molecule has 0 aliphatic heterocycles. The first-order chi connectivity index (χ1) is 12.1. The molecule has 0 saturated carbocycles. The van der Waals surface area contributed by atoms with Crippen molar-refractivity contribution in [3.8, 4) is 5.75 Å². The Morgan fingerprint density at radius 1 is 1.35 bits per heavy atom. The Labute approximate surface area is 163 Å². The van der Waals surface area contributed by atoms with Gasteiger partial charge in [0, 0.05) is 18.5 Å². The maximum Gasteiger partial charge on any atom is 0.273 e. The summed E-state index contributed by atoms with van der Waals surface area (Å²) in [4.78, 5) is 30.7. The third kappa shape index (κ3) is 5.69. The van der Waals surface area contributed by atoms with Gasteiger partial charge in [-0.05, 0) is 18.6 Å². The van der Waals surface area contributed by atoms with Crippen molar-refractivity contribution in [2.24, 2.45) is 5.73 Å². The summed E-state index contributed by atoms with van der Waals surface area (Å²) in [6, 6.07) is 7.13. The van der Waals surface area contributed by atoms with Gasteiger partial charge in [0.2, 0.25) is 5.91 Å². The summed E-state index contributed by atoms with van der Waals surface area (Å²) < 4.78 is 5.21. The topological polar surface area (TPSA) is 97.6 Å². The molecule has 1 heterocycles. The number of aromatic nitrogens is 1. The van der Waals surface area contributed by atoms with E-state index < -0.39 is 0 Å². The van der Waals surface area contributed by atoms with Gasteiger partial charge in [0.05, 0.1) is 12.8 Å². The van der Waals surface area contributed by atoms with Crippen molar-refractivity contribution in [2.45, 2.75) is 19.9 Å². The number of carbonyl (C=O) groups is 2. The Balaban J connectivity index is 0.00000338. The molecular weight excluding hydrogens is 376 g/mol. The molecule has 0 aliphatic rings. The van der Waals surface area contributed by atoms with Gasteiger partial charge in [-0.25, -0.2) is 4.98 Å². The summed E-state index contributed by atoms with van der Waals surface area (Å²) >= 11 is 1.34. The quantitative estimate of drug-likeness (QED) is 0.712. The summed E-state index contributed by atoms with van der Waals surface area (Å²) in [6.45, 7) is 2.65. The van der Waals surface area contributed by atoms with E-state index in [1.165, 1.54) is 23.3 Å². The fourth-order valence-electron chi connectivity index (χ4n) is 2.30. The molecule has 1 aromatic carbocycles. The number of thiazole rings is 1. The van der Waals surface area contributed by atoms with E-state index in [1.54, 1.807) is 23.6 Å². The average Bonchev–Trinajstić information content (AvgIpc) is 3.10. The van der Waals surface area contributed by atoms with E-state index in [-0.39, 0.29) is 30.8 Å². The van der Waals surface area contributed by atoms with Crippen molar-refractivity contribution < 1.29 is 14.3 Å². The number of amides is 2. The summed E-state index contributed by atoms with van der Waals surface area (Å²) in [5.74, 6) is 0.00450. The highest BCUT2D eigenvalue weighted by atomic mass is 35.5. The fraction of sp³-hybridized carbons (Fsp3) is 0.353. The van der Waals surface area contributed by atoms with Crippen molar-refractivity contribution in [1.82, 2.24) is 9.88 Å². The van der Waals surface area contributed by atoms with Crippen LogP contribution in [0.15, 0.2) is 29.6 Å². The minimum Gasteiger partial charge on any atom is -0.495 e. The van der Waals surface area contributed by atoms with Crippen molar-refractivity contribution in [1.29, 1.82) is 0 Å². The van der Waals surface area contributed by atoms with Crippen LogP contribution in [0.5, 0.6) is 5.75 Å². The fourth-order valence-corrected chi connectivity index (χ4v) is 2.95. The lowest BCUT2D eigenvalue weighted by atomic mass is 10.3. The van der Waals surface area contributed by atoms with Crippen LogP contribution in [0.25, 0.3) is 0 Å². The second kappa shape index (κ2) is 10.7. The van der Waals surface area contributed by atoms with E-state index in [0.717, 1.165) is 6.42 Å². The molecular formula is C17H23ClN4O3S. The number of ether oxygens (including phenoxy) is 1. The van der Waals surface area contributed by atoms with Crippen molar-refractivity contribution in [2.75, 3.05) is 25.5 Å². The van der Waals surface area contributed by atoms with E-state index in [1.807, 2.05) is 13.0 Å². The zero-order chi connectivity index (χ0) is 18.2. The lowest BCUT2D eigenvalue weighted by Crippen LogP contribution is -2.38. The smallest absolute Gasteiger partial charge is 0.273 e. The molecule has 26 heavy (non-hydrogen) atoms. The van der Waals surface area contributed by atoms with Crippen LogP contribution < -0.4 is 15.8 Å². The molecule has 2 amide bonds. The van der Waals surface area contributed by atoms with E-state index in [2.05, 4.69) is 10.3 Å². The third-order valence-corrected chi connectivity index (χ3v) is 4.31. The third-order valence-electron chi connectivity index (χ3n) is 3.44. The first kappa shape index (κ1) is 21.9. The molecule has 0 saturated heterocycles. The van der Waals surface area contributed by atoms with Crippen molar-refractivity contribution in [3.63, 3.8) is 0 Å². The van der Waals surface area contributed by atoms with Crippen LogP contribution in [0.4, 0.5) is 5.69 Å². The number of hydrogen-bond acceptors (Lipinski definition) is 6. The van der Waals surface area contributed by atoms with Gasteiger partial charge in [-0.3, -0.25) is 9.59 Å². The SMILES string of the molecule is CCCN(CC(=O)Nc1ccccc1OC)C(=O)c1csc(CN)n1.Cl. The summed E-state index contributed by atoms with van der Waals surface area (Å²) in [5, 5.41) is 5.14. The molecule has 1 aromatic heterocycles.